The van der Waals surface area contributed by atoms with E-state index >= 15 is 0 Å². The monoisotopic (exact) mass is 334 g/mol. The van der Waals surface area contributed by atoms with Crippen LogP contribution in [-0.2, 0) is 6.54 Å². The van der Waals surface area contributed by atoms with E-state index in [2.05, 4.69) is 21.2 Å². The van der Waals surface area contributed by atoms with Crippen LogP contribution in [0.15, 0.2) is 40.9 Å². The second kappa shape index (κ2) is 6.40. The third-order valence-corrected chi connectivity index (χ3v) is 3.22. The van der Waals surface area contributed by atoms with Crippen molar-refractivity contribution in [3.05, 3.63) is 57.8 Å². The summed E-state index contributed by atoms with van der Waals surface area (Å²) in [6.07, 6.45) is 0. The number of anilines is 1. The third kappa shape index (κ3) is 3.49. The molecule has 0 fully saturated rings. The molecule has 0 radical (unpaired) electrons. The van der Waals surface area contributed by atoms with Crippen LogP contribution in [0.4, 0.5) is 10.1 Å². The minimum atomic E-state index is -0.335. The average molecular weight is 335 g/mol. The zero-order valence-electron chi connectivity index (χ0n) is 10.8. The van der Waals surface area contributed by atoms with Gasteiger partial charge in [-0.1, -0.05) is 15.9 Å². The van der Waals surface area contributed by atoms with Crippen molar-refractivity contribution < 1.29 is 9.13 Å². The average Bonchev–Trinajstić information content (AvgIpc) is 2.45. The van der Waals surface area contributed by atoms with E-state index in [4.69, 9.17) is 10.00 Å². The molecule has 102 valence electrons. The fourth-order valence-corrected chi connectivity index (χ4v) is 2.23. The van der Waals surface area contributed by atoms with E-state index in [0.29, 0.717) is 23.4 Å². The smallest absolute Gasteiger partial charge is 0.128 e. The summed E-state index contributed by atoms with van der Waals surface area (Å²) in [5, 5.41) is 11.9. The molecule has 0 atom stereocenters. The lowest BCUT2D eigenvalue weighted by Crippen LogP contribution is -2.02. The van der Waals surface area contributed by atoms with Gasteiger partial charge in [-0.3, -0.25) is 0 Å². The molecule has 5 heteroatoms. The van der Waals surface area contributed by atoms with Crippen molar-refractivity contribution in [2.45, 2.75) is 6.54 Å². The van der Waals surface area contributed by atoms with Crippen LogP contribution < -0.4 is 10.1 Å². The molecular formula is C15H12BrFN2O. The van der Waals surface area contributed by atoms with Crippen molar-refractivity contribution in [2.24, 2.45) is 0 Å². The topological polar surface area (TPSA) is 45.0 Å². The molecule has 0 saturated carbocycles. The Morgan fingerprint density at radius 1 is 1.30 bits per heavy atom. The van der Waals surface area contributed by atoms with Crippen LogP contribution in [0.1, 0.15) is 11.1 Å². The van der Waals surface area contributed by atoms with E-state index < -0.39 is 0 Å². The first-order valence-electron chi connectivity index (χ1n) is 5.89. The summed E-state index contributed by atoms with van der Waals surface area (Å²) >= 11 is 3.38. The second-order valence-electron chi connectivity index (χ2n) is 4.15. The molecule has 2 aromatic rings. The fraction of sp³-hybridized carbons (Fsp3) is 0.133. The third-order valence-electron chi connectivity index (χ3n) is 2.76. The number of benzene rings is 2. The molecular weight excluding hydrogens is 323 g/mol. The maximum Gasteiger partial charge on any atom is 0.128 e. The second-order valence-corrected chi connectivity index (χ2v) is 5.07. The summed E-state index contributed by atoms with van der Waals surface area (Å²) in [7, 11) is 1.58. The highest BCUT2D eigenvalue weighted by Crippen LogP contribution is 2.25. The molecule has 0 amide bonds. The van der Waals surface area contributed by atoms with Gasteiger partial charge in [0.2, 0.25) is 0 Å². The SMILES string of the molecule is COc1cc(Br)cc(NCc2cc(C#N)ccc2F)c1. The normalized spacial score (nSPS) is 9.90. The first kappa shape index (κ1) is 14.4. The number of ether oxygens (including phenoxy) is 1. The molecule has 0 bridgehead atoms. The van der Waals surface area contributed by atoms with Crippen molar-refractivity contribution >= 4 is 21.6 Å². The number of nitrogens with one attached hydrogen (secondary N) is 1. The van der Waals surface area contributed by atoms with Crippen LogP contribution in [-0.4, -0.2) is 7.11 Å². The molecule has 0 aliphatic carbocycles. The molecule has 0 saturated heterocycles. The zero-order chi connectivity index (χ0) is 14.5. The minimum absolute atomic E-state index is 0.293. The Balaban J connectivity index is 2.16. The van der Waals surface area contributed by atoms with Gasteiger partial charge in [-0.05, 0) is 30.3 Å². The molecule has 0 aliphatic rings. The van der Waals surface area contributed by atoms with E-state index in [-0.39, 0.29) is 5.82 Å². The number of nitrogens with zero attached hydrogens (tertiary/aromatic N) is 1. The van der Waals surface area contributed by atoms with Crippen molar-refractivity contribution in [3.63, 3.8) is 0 Å². The van der Waals surface area contributed by atoms with Crippen LogP contribution in [0, 0.1) is 17.1 Å². The van der Waals surface area contributed by atoms with E-state index in [9.17, 15) is 4.39 Å². The highest BCUT2D eigenvalue weighted by molar-refractivity contribution is 9.10. The molecule has 2 aromatic carbocycles. The molecule has 2 rings (SSSR count). The van der Waals surface area contributed by atoms with Gasteiger partial charge in [0, 0.05) is 28.3 Å². The van der Waals surface area contributed by atoms with Crippen LogP contribution in [0.2, 0.25) is 0 Å². The summed E-state index contributed by atoms with van der Waals surface area (Å²) in [6.45, 7) is 0.293. The lowest BCUT2D eigenvalue weighted by Gasteiger charge is -2.10. The molecule has 0 aromatic heterocycles. The quantitative estimate of drug-likeness (QED) is 0.916. The van der Waals surface area contributed by atoms with E-state index in [1.165, 1.54) is 18.2 Å². The Labute approximate surface area is 125 Å². The Morgan fingerprint density at radius 2 is 2.10 bits per heavy atom. The number of rotatable bonds is 4. The van der Waals surface area contributed by atoms with Gasteiger partial charge in [0.25, 0.3) is 0 Å². The Bertz CT molecular complexity index is 667. The maximum absolute atomic E-state index is 13.7. The molecule has 0 heterocycles. The van der Waals surface area contributed by atoms with Crippen molar-refractivity contribution in [1.82, 2.24) is 0 Å². The fourth-order valence-electron chi connectivity index (χ4n) is 1.76. The summed E-state index contributed by atoms with van der Waals surface area (Å²) in [4.78, 5) is 0. The van der Waals surface area contributed by atoms with Gasteiger partial charge in [-0.25, -0.2) is 4.39 Å². The van der Waals surface area contributed by atoms with Crippen LogP contribution in [0.3, 0.4) is 0 Å². The number of hydrogen-bond acceptors (Lipinski definition) is 3. The van der Waals surface area contributed by atoms with Gasteiger partial charge in [0.05, 0.1) is 18.7 Å². The Kier molecular flexibility index (Phi) is 4.59. The molecule has 0 aliphatic heterocycles. The molecule has 3 nitrogen and oxygen atoms in total. The summed E-state index contributed by atoms with van der Waals surface area (Å²) < 4.78 is 19.7. The maximum atomic E-state index is 13.7. The lowest BCUT2D eigenvalue weighted by molar-refractivity contribution is 0.414. The van der Waals surface area contributed by atoms with E-state index in [1.807, 2.05) is 24.3 Å². The van der Waals surface area contributed by atoms with Gasteiger partial charge < -0.3 is 10.1 Å². The van der Waals surface area contributed by atoms with Crippen molar-refractivity contribution in [1.29, 1.82) is 5.26 Å². The van der Waals surface area contributed by atoms with Crippen molar-refractivity contribution in [3.8, 4) is 11.8 Å². The largest absolute Gasteiger partial charge is 0.497 e. The van der Waals surface area contributed by atoms with Crippen LogP contribution in [0.5, 0.6) is 5.75 Å². The summed E-state index contributed by atoms with van der Waals surface area (Å²) in [5.74, 6) is 0.367. The van der Waals surface area contributed by atoms with Gasteiger partial charge >= 0.3 is 0 Å². The molecule has 20 heavy (non-hydrogen) atoms. The number of nitriles is 1. The minimum Gasteiger partial charge on any atom is -0.497 e. The van der Waals surface area contributed by atoms with Gasteiger partial charge in [0.1, 0.15) is 11.6 Å². The Hall–Kier alpha value is -2.06. The lowest BCUT2D eigenvalue weighted by atomic mass is 10.1. The number of hydrogen-bond donors (Lipinski definition) is 1. The van der Waals surface area contributed by atoms with E-state index in [0.717, 1.165) is 10.2 Å². The summed E-state index contributed by atoms with van der Waals surface area (Å²) in [5.41, 5.74) is 1.69. The first-order valence-corrected chi connectivity index (χ1v) is 6.68. The summed E-state index contributed by atoms with van der Waals surface area (Å²) in [6, 6.07) is 11.8. The standard InChI is InChI=1S/C15H12BrFN2O/c1-20-14-6-12(16)5-13(7-14)19-9-11-4-10(8-18)2-3-15(11)17/h2-7,19H,9H2,1H3. The van der Waals surface area contributed by atoms with Gasteiger partial charge in [0.15, 0.2) is 0 Å². The van der Waals surface area contributed by atoms with Crippen molar-refractivity contribution in [2.75, 3.05) is 12.4 Å². The molecule has 0 spiro atoms. The van der Waals surface area contributed by atoms with Gasteiger partial charge in [-0.2, -0.15) is 5.26 Å². The zero-order valence-corrected chi connectivity index (χ0v) is 12.4. The Morgan fingerprint density at radius 3 is 2.80 bits per heavy atom. The van der Waals surface area contributed by atoms with Crippen LogP contribution >= 0.6 is 15.9 Å². The predicted octanol–water partition coefficient (Wildman–Crippen LogP) is 4.08. The van der Waals surface area contributed by atoms with E-state index in [1.54, 1.807) is 7.11 Å². The highest BCUT2D eigenvalue weighted by atomic mass is 79.9. The number of halogens is 2. The van der Waals surface area contributed by atoms with Crippen LogP contribution in [0.25, 0.3) is 0 Å². The number of methoxy groups -OCH3 is 1. The molecule has 0 unspecified atom stereocenters. The van der Waals surface area contributed by atoms with Gasteiger partial charge in [-0.15, -0.1) is 0 Å². The first-order chi connectivity index (χ1) is 9.62. The molecule has 1 N–H and O–H groups in total. The highest BCUT2D eigenvalue weighted by Gasteiger charge is 2.05. The predicted molar refractivity (Wildman–Crippen MR) is 79.1 cm³/mol.